The molecule has 0 saturated carbocycles. The van der Waals surface area contributed by atoms with Gasteiger partial charge in [0.2, 0.25) is 0 Å². The number of hydrogen-bond donors (Lipinski definition) is 2. The fourth-order valence-electron chi connectivity index (χ4n) is 4.21. The molecule has 3 amide bonds. The van der Waals surface area contributed by atoms with Crippen LogP contribution in [0.15, 0.2) is 4.42 Å². The third kappa shape index (κ3) is 5.03. The average Bonchev–Trinajstić information content (AvgIpc) is 3.26. The Bertz CT molecular complexity index is 980. The maximum absolute atomic E-state index is 12.2. The zero-order chi connectivity index (χ0) is 23.8. The van der Waals surface area contributed by atoms with Gasteiger partial charge in [0.25, 0.3) is 0 Å². The van der Waals surface area contributed by atoms with Gasteiger partial charge in [-0.3, -0.25) is 5.21 Å². The number of alkyl carbamates (subject to hydrolysis) is 1. The normalized spacial score (nSPS) is 23.1. The molecule has 1 unspecified atom stereocenters. The molecule has 1 aromatic heterocycles. The number of rotatable bonds is 6. The summed E-state index contributed by atoms with van der Waals surface area (Å²) >= 11 is 0. The Morgan fingerprint density at radius 3 is 2.79 bits per heavy atom. The molecular formula is C19H26BN7O6. The third-order valence-corrected chi connectivity index (χ3v) is 5.73. The van der Waals surface area contributed by atoms with Crippen molar-refractivity contribution in [1.29, 1.82) is 5.26 Å². The van der Waals surface area contributed by atoms with E-state index in [1.165, 1.54) is 7.12 Å². The number of piperidine rings is 1. The van der Waals surface area contributed by atoms with Gasteiger partial charge in [0, 0.05) is 0 Å². The van der Waals surface area contributed by atoms with E-state index < -0.39 is 17.7 Å². The summed E-state index contributed by atoms with van der Waals surface area (Å²) < 4.78 is 15.8. The van der Waals surface area contributed by atoms with Gasteiger partial charge in [-0.2, -0.15) is 0 Å². The van der Waals surface area contributed by atoms with Crippen molar-refractivity contribution < 1.29 is 28.6 Å². The summed E-state index contributed by atoms with van der Waals surface area (Å²) in [6.45, 7) is 6.86. The summed E-state index contributed by atoms with van der Waals surface area (Å²) in [5.41, 5.74) is -0.335. The number of aromatic nitrogens is 2. The van der Waals surface area contributed by atoms with Crippen molar-refractivity contribution in [3.8, 4) is 6.26 Å². The first-order chi connectivity index (χ1) is 15.6. The molecule has 2 N–H and O–H groups in total. The summed E-state index contributed by atoms with van der Waals surface area (Å²) in [5, 5.41) is 30.2. The number of hydrogen-bond acceptors (Lipinski definition) is 10. The van der Waals surface area contributed by atoms with Crippen LogP contribution in [-0.2, 0) is 15.8 Å². The Kier molecular flexibility index (Phi) is 6.16. The van der Waals surface area contributed by atoms with Crippen LogP contribution in [0.2, 0.25) is 0 Å². The molecule has 3 saturated heterocycles. The van der Waals surface area contributed by atoms with Crippen molar-refractivity contribution in [1.82, 2.24) is 30.4 Å². The van der Waals surface area contributed by atoms with E-state index in [1.807, 2.05) is 4.90 Å². The van der Waals surface area contributed by atoms with Crippen molar-refractivity contribution in [2.24, 2.45) is 5.92 Å². The predicted octanol–water partition coefficient (Wildman–Crippen LogP) is 0.603. The quantitative estimate of drug-likeness (QED) is 0.351. The number of fused-ring (bicyclic) bond motifs is 2. The molecule has 0 aliphatic carbocycles. The first-order valence-electron chi connectivity index (χ1n) is 10.8. The van der Waals surface area contributed by atoms with Gasteiger partial charge in [0.15, 0.2) is 0 Å². The summed E-state index contributed by atoms with van der Waals surface area (Å²) in [4.78, 5) is 27.6. The van der Waals surface area contributed by atoms with Gasteiger partial charge >= 0.3 is 185 Å². The van der Waals surface area contributed by atoms with Crippen molar-refractivity contribution in [3.05, 3.63) is 11.8 Å². The van der Waals surface area contributed by atoms with Gasteiger partial charge in [-0.1, -0.05) is 0 Å². The van der Waals surface area contributed by atoms with Gasteiger partial charge in [-0.05, 0) is 0 Å². The molecule has 4 heterocycles. The number of likely N-dealkylation sites (tertiary alicyclic amines) is 1. The van der Waals surface area contributed by atoms with Crippen LogP contribution in [-0.4, -0.2) is 86.5 Å². The number of nitriles is 1. The molecule has 0 aromatic carbocycles. The van der Waals surface area contributed by atoms with Gasteiger partial charge < -0.3 is 0 Å². The predicted molar refractivity (Wildman–Crippen MR) is 111 cm³/mol. The summed E-state index contributed by atoms with van der Waals surface area (Å²) in [6, 6.07) is -0.951. The van der Waals surface area contributed by atoms with E-state index in [-0.39, 0.29) is 18.0 Å². The number of hydroxylamine groups is 2. The van der Waals surface area contributed by atoms with Gasteiger partial charge in [0.1, 0.15) is 0 Å². The van der Waals surface area contributed by atoms with Crippen LogP contribution in [0.5, 0.6) is 0 Å². The number of carbonyl (C=O) groups excluding carboxylic acids is 2. The van der Waals surface area contributed by atoms with E-state index in [1.54, 1.807) is 31.9 Å². The number of urea groups is 1. The van der Waals surface area contributed by atoms with Crippen molar-refractivity contribution in [2.45, 2.75) is 57.7 Å². The molecule has 13 nitrogen and oxygen atoms in total. The molecule has 0 spiro atoms. The van der Waals surface area contributed by atoms with Crippen LogP contribution in [0.25, 0.3) is 0 Å². The van der Waals surface area contributed by atoms with Crippen LogP contribution >= 0.6 is 0 Å². The molecule has 3 aliphatic heterocycles. The van der Waals surface area contributed by atoms with E-state index in [9.17, 15) is 14.8 Å². The second kappa shape index (κ2) is 8.89. The standard InChI is InChI=1S/C19H26BN7O6/c1-19(2,3)33-17(28)22-16(20-31-10-21)25-7-11(8-25)6-14-23-24-15(32-14)13-5-4-12-9-26(13)18(29)27(12)30/h11-13,30H,4-9H2,1-3H3,(H,22,28)/t12?,13-/m0/s1. The monoisotopic (exact) mass is 459 g/mol. The fourth-order valence-corrected chi connectivity index (χ4v) is 4.21. The Morgan fingerprint density at radius 2 is 2.09 bits per heavy atom. The third-order valence-electron chi connectivity index (χ3n) is 5.73. The summed E-state index contributed by atoms with van der Waals surface area (Å²) in [7, 11) is 1.17. The number of nitrogens with zero attached hydrogens (tertiary/aromatic N) is 6. The molecule has 1 aromatic rings. The number of amides is 3. The van der Waals surface area contributed by atoms with Gasteiger partial charge in [-0.25, -0.2) is 0 Å². The van der Waals surface area contributed by atoms with Crippen molar-refractivity contribution in [2.75, 3.05) is 19.6 Å². The Labute approximate surface area is 191 Å². The number of ether oxygens (including phenoxy) is 1. The van der Waals surface area contributed by atoms with Gasteiger partial charge in [0.05, 0.1) is 0 Å². The van der Waals surface area contributed by atoms with Crippen LogP contribution in [0.3, 0.4) is 0 Å². The minimum absolute atomic E-state index is 0.182. The van der Waals surface area contributed by atoms with E-state index in [0.29, 0.717) is 56.4 Å². The maximum atomic E-state index is 12.2. The van der Waals surface area contributed by atoms with E-state index in [2.05, 4.69) is 20.2 Å². The fraction of sp³-hybridized carbons (Fsp3) is 0.684. The first kappa shape index (κ1) is 22.8. The second-order valence-corrected chi connectivity index (χ2v) is 9.37. The minimum atomic E-state index is -0.660. The topological polar surface area (TPSA) is 157 Å². The van der Waals surface area contributed by atoms with Crippen LogP contribution in [0, 0.1) is 17.4 Å². The summed E-state index contributed by atoms with van der Waals surface area (Å²) in [5.74, 6) is 1.02. The Hall–Kier alpha value is -3.34. The second-order valence-electron chi connectivity index (χ2n) is 9.37. The molecule has 2 atom stereocenters. The van der Waals surface area contributed by atoms with Crippen LogP contribution < -0.4 is 5.32 Å². The SMILES string of the molecule is CC(C)(C)OC(=O)NC(=BOC#N)N1CC(Cc2nnc([C@@H]3CCC4CN3C(=O)N4O)o2)C1. The number of carbonyl (C=O) groups is 2. The molecule has 3 aliphatic rings. The zero-order valence-electron chi connectivity index (χ0n) is 18.7. The molecule has 3 fully saturated rings. The van der Waals surface area contributed by atoms with E-state index >= 15 is 0 Å². The molecule has 0 radical (unpaired) electrons. The molecular weight excluding hydrogens is 433 g/mol. The van der Waals surface area contributed by atoms with Crippen LogP contribution in [0.1, 0.15) is 51.4 Å². The van der Waals surface area contributed by atoms with Crippen molar-refractivity contribution >= 4 is 25.0 Å². The zero-order valence-corrected chi connectivity index (χ0v) is 18.7. The van der Waals surface area contributed by atoms with E-state index in [4.69, 9.17) is 14.4 Å². The summed E-state index contributed by atoms with van der Waals surface area (Å²) in [6.07, 6.45) is 2.75. The Morgan fingerprint density at radius 1 is 1.33 bits per heavy atom. The van der Waals surface area contributed by atoms with Crippen LogP contribution in [0.4, 0.5) is 9.59 Å². The molecule has 2 bridgehead atoms. The Balaban J connectivity index is 1.31. The van der Waals surface area contributed by atoms with E-state index in [0.717, 1.165) is 5.06 Å². The molecule has 176 valence electrons. The van der Waals surface area contributed by atoms with Gasteiger partial charge in [-0.15, -0.1) is 0 Å². The molecule has 14 heteroatoms. The average molecular weight is 459 g/mol. The van der Waals surface area contributed by atoms with Crippen molar-refractivity contribution in [3.63, 3.8) is 0 Å². The molecule has 33 heavy (non-hydrogen) atoms. The molecule has 4 rings (SSSR count). The number of nitrogens with one attached hydrogen (secondary N) is 1. The first-order valence-corrected chi connectivity index (χ1v) is 10.8.